The van der Waals surface area contributed by atoms with Crippen LogP contribution in [0.5, 0.6) is 0 Å². The predicted molar refractivity (Wildman–Crippen MR) is 104 cm³/mol. The Bertz CT molecular complexity index is 1000. The maximum Gasteiger partial charge on any atom is 0.271 e. The molecule has 0 radical (unpaired) electrons. The first kappa shape index (κ1) is 17.5. The van der Waals surface area contributed by atoms with Crippen LogP contribution >= 0.6 is 15.9 Å². The van der Waals surface area contributed by atoms with E-state index in [1.807, 2.05) is 36.4 Å². The van der Waals surface area contributed by atoms with Gasteiger partial charge in [0.05, 0.1) is 24.9 Å². The van der Waals surface area contributed by atoms with Gasteiger partial charge in [-0.15, -0.1) is 0 Å². The van der Waals surface area contributed by atoms with Crippen LogP contribution < -0.4 is 5.43 Å². The summed E-state index contributed by atoms with van der Waals surface area (Å²) in [6.07, 6.45) is 2.06. The molecule has 1 aliphatic heterocycles. The van der Waals surface area contributed by atoms with Crippen molar-refractivity contribution in [3.8, 4) is 0 Å². The predicted octanol–water partition coefficient (Wildman–Crippen LogP) is 3.11. The van der Waals surface area contributed by atoms with E-state index in [4.69, 9.17) is 0 Å². The van der Waals surface area contributed by atoms with Crippen molar-refractivity contribution in [2.45, 2.75) is 19.5 Å². The number of rotatable bonds is 4. The van der Waals surface area contributed by atoms with Crippen molar-refractivity contribution < 1.29 is 9.59 Å². The molecule has 0 aliphatic carbocycles. The lowest BCUT2D eigenvalue weighted by atomic mass is 10.1. The number of nitrogens with one attached hydrogen (secondary N) is 1. The maximum absolute atomic E-state index is 12.6. The van der Waals surface area contributed by atoms with Crippen LogP contribution in [0, 0.1) is 0 Å². The van der Waals surface area contributed by atoms with Crippen LogP contribution in [0.4, 0.5) is 0 Å². The Balaban J connectivity index is 1.44. The lowest BCUT2D eigenvalue weighted by Crippen LogP contribution is -2.30. The minimum atomic E-state index is -0.253. The highest BCUT2D eigenvalue weighted by molar-refractivity contribution is 9.10. The van der Waals surface area contributed by atoms with Crippen LogP contribution in [0.1, 0.15) is 27.2 Å². The van der Waals surface area contributed by atoms with Crippen LogP contribution in [0.3, 0.4) is 0 Å². The zero-order valence-corrected chi connectivity index (χ0v) is 16.0. The van der Waals surface area contributed by atoms with Crippen LogP contribution in [0.2, 0.25) is 0 Å². The van der Waals surface area contributed by atoms with Gasteiger partial charge in [0, 0.05) is 22.1 Å². The average molecular weight is 425 g/mol. The lowest BCUT2D eigenvalue weighted by molar-refractivity contribution is -0.131. The summed E-state index contributed by atoms with van der Waals surface area (Å²) in [5, 5.41) is 4.24. The molecule has 1 aliphatic rings. The Morgan fingerprint density at radius 3 is 2.67 bits per heavy atom. The molecule has 0 bridgehead atoms. The fraction of sp³-hybridized carbons (Fsp3) is 0.150. The van der Waals surface area contributed by atoms with Crippen molar-refractivity contribution in [1.82, 2.24) is 14.8 Å². The summed E-state index contributed by atoms with van der Waals surface area (Å²) in [5.74, 6) is -0.196. The molecule has 0 saturated carbocycles. The third kappa shape index (κ3) is 3.78. The number of nitrogens with zero attached hydrogens (tertiary/aromatic N) is 3. The summed E-state index contributed by atoms with van der Waals surface area (Å²) in [6, 6.07) is 16.8. The Labute approximate surface area is 164 Å². The third-order valence-corrected chi connectivity index (χ3v) is 5.00. The topological polar surface area (TPSA) is 67.2 Å². The first-order valence-electron chi connectivity index (χ1n) is 8.54. The summed E-state index contributed by atoms with van der Waals surface area (Å²) < 4.78 is 0.832. The van der Waals surface area contributed by atoms with Crippen LogP contribution in [-0.4, -0.2) is 26.6 Å². The number of hydrogen-bond donors (Lipinski definition) is 1. The van der Waals surface area contributed by atoms with Gasteiger partial charge in [0.2, 0.25) is 5.91 Å². The molecule has 0 fully saturated rings. The second-order valence-corrected chi connectivity index (χ2v) is 7.31. The number of carbonyl (C=O) groups excluding carboxylic acids is 2. The van der Waals surface area contributed by atoms with E-state index >= 15 is 0 Å². The third-order valence-electron chi connectivity index (χ3n) is 4.50. The van der Waals surface area contributed by atoms with Gasteiger partial charge in [-0.05, 0) is 23.8 Å². The first-order chi connectivity index (χ1) is 13.1. The van der Waals surface area contributed by atoms with Gasteiger partial charge in [-0.1, -0.05) is 52.3 Å². The second kappa shape index (κ2) is 7.36. The van der Waals surface area contributed by atoms with E-state index in [9.17, 15) is 9.59 Å². The number of benzene rings is 2. The van der Waals surface area contributed by atoms with Crippen molar-refractivity contribution in [3.05, 3.63) is 87.7 Å². The summed E-state index contributed by atoms with van der Waals surface area (Å²) in [4.78, 5) is 28.3. The van der Waals surface area contributed by atoms with Crippen LogP contribution in [0.25, 0.3) is 0 Å². The fourth-order valence-electron chi connectivity index (χ4n) is 3.10. The van der Waals surface area contributed by atoms with Gasteiger partial charge in [-0.25, -0.2) is 5.43 Å². The van der Waals surface area contributed by atoms with E-state index in [2.05, 4.69) is 26.5 Å². The summed E-state index contributed by atoms with van der Waals surface area (Å²) >= 11 is 3.36. The fourth-order valence-corrected chi connectivity index (χ4v) is 3.50. The molecule has 2 amide bonds. The van der Waals surface area contributed by atoms with E-state index in [0.717, 1.165) is 21.3 Å². The monoisotopic (exact) mass is 424 g/mol. The van der Waals surface area contributed by atoms with Gasteiger partial charge >= 0.3 is 0 Å². The largest absolute Gasteiger partial charge is 0.332 e. The number of carbonyl (C=O) groups is 2. The molecular formula is C20H17BrN4O2. The molecule has 4 rings (SSSR count). The summed E-state index contributed by atoms with van der Waals surface area (Å²) in [5.41, 5.74) is 6.09. The molecule has 0 spiro atoms. The molecule has 27 heavy (non-hydrogen) atoms. The van der Waals surface area contributed by atoms with Gasteiger partial charge in [-0.2, -0.15) is 9.89 Å². The zero-order valence-electron chi connectivity index (χ0n) is 14.4. The van der Waals surface area contributed by atoms with E-state index in [0.29, 0.717) is 25.1 Å². The van der Waals surface area contributed by atoms with Crippen LogP contribution in [-0.2, 0) is 24.3 Å². The Kier molecular flexibility index (Phi) is 4.77. The molecule has 136 valence electrons. The summed E-state index contributed by atoms with van der Waals surface area (Å²) in [7, 11) is 0. The van der Waals surface area contributed by atoms with E-state index < -0.39 is 0 Å². The Hall–Kier alpha value is -2.93. The number of aromatic nitrogens is 2. The highest BCUT2D eigenvalue weighted by Gasteiger charge is 2.27. The molecule has 0 saturated heterocycles. The molecule has 6 nitrogen and oxygen atoms in total. The molecule has 3 aromatic rings. The Morgan fingerprint density at radius 2 is 1.89 bits per heavy atom. The van der Waals surface area contributed by atoms with E-state index in [1.165, 1.54) is 4.79 Å². The van der Waals surface area contributed by atoms with E-state index in [-0.39, 0.29) is 11.8 Å². The molecule has 0 atom stereocenters. The number of fused-ring (bicyclic) bond motifs is 1. The van der Waals surface area contributed by atoms with Crippen molar-refractivity contribution in [2.24, 2.45) is 0 Å². The minimum absolute atomic E-state index is 0.0577. The standard InChI is InChI=1S/C20H17BrN4O2/c21-17-8-4-7-15(10-17)20(27)23-25-18-13-24(12-16(18)11-22-25)19(26)9-14-5-2-1-3-6-14/h1-8,10-11H,9,12-13H2,(H,23,27). The molecule has 0 unspecified atom stereocenters. The molecule has 2 heterocycles. The van der Waals surface area contributed by atoms with Crippen molar-refractivity contribution in [2.75, 3.05) is 5.43 Å². The molecule has 2 aromatic carbocycles. The maximum atomic E-state index is 12.6. The second-order valence-electron chi connectivity index (χ2n) is 6.39. The molecule has 1 aromatic heterocycles. The first-order valence-corrected chi connectivity index (χ1v) is 9.34. The Morgan fingerprint density at radius 1 is 1.07 bits per heavy atom. The minimum Gasteiger partial charge on any atom is -0.332 e. The van der Waals surface area contributed by atoms with Crippen LogP contribution in [0.15, 0.2) is 65.3 Å². The summed E-state index contributed by atoms with van der Waals surface area (Å²) in [6.45, 7) is 0.938. The molecular weight excluding hydrogens is 408 g/mol. The normalized spacial score (nSPS) is 12.7. The zero-order chi connectivity index (χ0) is 18.8. The van der Waals surface area contributed by atoms with Crippen molar-refractivity contribution in [1.29, 1.82) is 0 Å². The smallest absolute Gasteiger partial charge is 0.271 e. The highest BCUT2D eigenvalue weighted by Crippen LogP contribution is 2.23. The van der Waals surface area contributed by atoms with Crippen molar-refractivity contribution in [3.63, 3.8) is 0 Å². The number of amides is 2. The van der Waals surface area contributed by atoms with Crippen molar-refractivity contribution >= 4 is 27.7 Å². The van der Waals surface area contributed by atoms with Gasteiger partial charge in [-0.3, -0.25) is 9.59 Å². The highest BCUT2D eigenvalue weighted by atomic mass is 79.9. The van der Waals surface area contributed by atoms with E-state index in [1.54, 1.807) is 29.3 Å². The lowest BCUT2D eigenvalue weighted by Gasteiger charge is -2.16. The molecule has 1 N–H and O–H groups in total. The van der Waals surface area contributed by atoms with Gasteiger partial charge in [0.25, 0.3) is 5.91 Å². The molecule has 7 heteroatoms. The number of hydrogen-bond acceptors (Lipinski definition) is 3. The van der Waals surface area contributed by atoms with Gasteiger partial charge < -0.3 is 4.90 Å². The average Bonchev–Trinajstić information content (AvgIpc) is 3.24. The quantitative estimate of drug-likeness (QED) is 0.699. The van der Waals surface area contributed by atoms with Gasteiger partial charge in [0.1, 0.15) is 0 Å². The SMILES string of the molecule is O=C(Nn1ncc2c1CN(C(=O)Cc1ccccc1)C2)c1cccc(Br)c1. The number of halogens is 1. The van der Waals surface area contributed by atoms with Gasteiger partial charge in [0.15, 0.2) is 0 Å².